The van der Waals surface area contributed by atoms with Gasteiger partial charge in [-0.2, -0.15) is 0 Å². The van der Waals surface area contributed by atoms with Crippen LogP contribution in [0.4, 0.5) is 0 Å². The molecule has 3 N–H and O–H groups in total. The van der Waals surface area contributed by atoms with Crippen LogP contribution in [0.3, 0.4) is 0 Å². The Morgan fingerprint density at radius 1 is 1.29 bits per heavy atom. The summed E-state index contributed by atoms with van der Waals surface area (Å²) in [6, 6.07) is 0. The van der Waals surface area contributed by atoms with Crippen molar-refractivity contribution in [1.82, 2.24) is 10.2 Å². The van der Waals surface area contributed by atoms with Crippen LogP contribution in [0.5, 0.6) is 0 Å². The third kappa shape index (κ3) is 4.38. The van der Waals surface area contributed by atoms with E-state index < -0.39 is 5.41 Å². The van der Waals surface area contributed by atoms with Crippen molar-refractivity contribution < 1.29 is 14.3 Å². The summed E-state index contributed by atoms with van der Waals surface area (Å²) in [6.45, 7) is 6.48. The third-order valence-electron chi connectivity index (χ3n) is 4.10. The van der Waals surface area contributed by atoms with Gasteiger partial charge in [0.1, 0.15) is 0 Å². The number of amides is 2. The van der Waals surface area contributed by atoms with Crippen LogP contribution in [0.15, 0.2) is 0 Å². The van der Waals surface area contributed by atoms with Gasteiger partial charge in [0.15, 0.2) is 0 Å². The van der Waals surface area contributed by atoms with Crippen LogP contribution in [-0.2, 0) is 14.3 Å². The number of nitrogens with zero attached hydrogens (tertiary/aromatic N) is 1. The molecular formula is C14H25N3O3S. The van der Waals surface area contributed by atoms with Crippen LogP contribution < -0.4 is 11.1 Å². The van der Waals surface area contributed by atoms with Crippen molar-refractivity contribution in [2.45, 2.75) is 33.1 Å². The molecule has 0 aliphatic carbocycles. The molecule has 2 amide bonds. The first-order valence-corrected chi connectivity index (χ1v) is 7.82. The number of ether oxygens (including phenoxy) is 1. The fourth-order valence-electron chi connectivity index (χ4n) is 2.45. The van der Waals surface area contributed by atoms with E-state index in [1.807, 2.05) is 13.8 Å². The maximum Gasteiger partial charge on any atom is 0.233 e. The zero-order chi connectivity index (χ0) is 15.9. The minimum Gasteiger partial charge on any atom is -0.392 e. The number of hydrogen-bond donors (Lipinski definition) is 2. The predicted molar refractivity (Wildman–Crippen MR) is 84.8 cm³/mol. The summed E-state index contributed by atoms with van der Waals surface area (Å²) in [7, 11) is 0. The topological polar surface area (TPSA) is 84.7 Å². The average Bonchev–Trinajstić information content (AvgIpc) is 2.49. The van der Waals surface area contributed by atoms with Crippen LogP contribution >= 0.6 is 12.2 Å². The van der Waals surface area contributed by atoms with Gasteiger partial charge in [0.2, 0.25) is 11.8 Å². The minimum atomic E-state index is -0.808. The molecule has 1 aliphatic rings. The maximum atomic E-state index is 12.3. The zero-order valence-corrected chi connectivity index (χ0v) is 13.6. The lowest BCUT2D eigenvalue weighted by Crippen LogP contribution is -2.49. The van der Waals surface area contributed by atoms with Gasteiger partial charge in [-0.25, -0.2) is 0 Å². The summed E-state index contributed by atoms with van der Waals surface area (Å²) in [6.07, 6.45) is 1.40. The standard InChI is InChI=1S/C14H25N3O3S/c1-3-14(4-2,12(15)21)13(19)16-6-5-11(18)17-7-9-20-10-8-17/h3-10H2,1-2H3,(H2,15,21)(H,16,19). The number of carbonyl (C=O) groups is 2. The highest BCUT2D eigenvalue weighted by Crippen LogP contribution is 2.27. The first kappa shape index (κ1) is 17.8. The normalized spacial score (nSPS) is 15.6. The lowest BCUT2D eigenvalue weighted by atomic mass is 9.81. The quantitative estimate of drug-likeness (QED) is 0.666. The van der Waals surface area contributed by atoms with E-state index in [1.54, 1.807) is 4.90 Å². The molecular weight excluding hydrogens is 290 g/mol. The first-order valence-electron chi connectivity index (χ1n) is 7.41. The second-order valence-corrected chi connectivity index (χ2v) is 5.59. The molecule has 0 spiro atoms. The highest BCUT2D eigenvalue weighted by atomic mass is 32.1. The van der Waals surface area contributed by atoms with Gasteiger partial charge >= 0.3 is 0 Å². The summed E-state index contributed by atoms with van der Waals surface area (Å²) in [5.74, 6) is -0.151. The molecule has 0 atom stereocenters. The Bertz CT molecular complexity index is 391. The van der Waals surface area contributed by atoms with Crippen LogP contribution in [0.2, 0.25) is 0 Å². The molecule has 0 aromatic rings. The molecule has 0 aromatic carbocycles. The molecule has 1 rings (SSSR count). The van der Waals surface area contributed by atoms with E-state index in [1.165, 1.54) is 0 Å². The lowest BCUT2D eigenvalue weighted by Gasteiger charge is -2.29. The van der Waals surface area contributed by atoms with E-state index >= 15 is 0 Å². The SMILES string of the molecule is CCC(CC)(C(=O)NCCC(=O)N1CCOCC1)C(N)=S. The molecule has 0 aromatic heterocycles. The number of hydrogen-bond acceptors (Lipinski definition) is 4. The largest absolute Gasteiger partial charge is 0.392 e. The number of rotatable bonds is 7. The third-order valence-corrected chi connectivity index (χ3v) is 4.49. The Morgan fingerprint density at radius 2 is 1.86 bits per heavy atom. The molecule has 0 bridgehead atoms. The fraction of sp³-hybridized carbons (Fsp3) is 0.786. The highest BCUT2D eigenvalue weighted by molar-refractivity contribution is 7.80. The Morgan fingerprint density at radius 3 is 2.33 bits per heavy atom. The van der Waals surface area contributed by atoms with Gasteiger partial charge in [-0.1, -0.05) is 26.1 Å². The van der Waals surface area contributed by atoms with Gasteiger partial charge in [-0.15, -0.1) is 0 Å². The summed E-state index contributed by atoms with van der Waals surface area (Å²) >= 11 is 5.04. The van der Waals surface area contributed by atoms with Crippen LogP contribution in [0.1, 0.15) is 33.1 Å². The molecule has 6 nitrogen and oxygen atoms in total. The molecule has 1 heterocycles. The number of thiocarbonyl (C=S) groups is 1. The molecule has 0 radical (unpaired) electrons. The van der Waals surface area contributed by atoms with E-state index in [9.17, 15) is 9.59 Å². The Hall–Kier alpha value is -1.21. The van der Waals surface area contributed by atoms with Gasteiger partial charge in [0.05, 0.1) is 23.6 Å². The highest BCUT2D eigenvalue weighted by Gasteiger charge is 2.37. The lowest BCUT2D eigenvalue weighted by molar-refractivity contribution is -0.135. The predicted octanol–water partition coefficient (Wildman–Crippen LogP) is 0.444. The number of carbonyl (C=O) groups excluding carboxylic acids is 2. The van der Waals surface area contributed by atoms with Gasteiger partial charge in [0.25, 0.3) is 0 Å². The molecule has 0 saturated carbocycles. The molecule has 0 unspecified atom stereocenters. The number of nitrogens with one attached hydrogen (secondary N) is 1. The first-order chi connectivity index (χ1) is 9.97. The Balaban J connectivity index is 2.45. The van der Waals surface area contributed by atoms with Gasteiger partial charge in [0, 0.05) is 26.1 Å². The van der Waals surface area contributed by atoms with Crippen molar-refractivity contribution in [3.8, 4) is 0 Å². The summed E-state index contributed by atoms with van der Waals surface area (Å²) in [4.78, 5) is 26.2. The van der Waals surface area contributed by atoms with E-state index in [0.29, 0.717) is 45.7 Å². The fourth-order valence-corrected chi connectivity index (χ4v) is 2.84. The second-order valence-electron chi connectivity index (χ2n) is 5.15. The van der Waals surface area contributed by atoms with Crippen molar-refractivity contribution in [2.24, 2.45) is 11.1 Å². The van der Waals surface area contributed by atoms with Crippen molar-refractivity contribution in [3.63, 3.8) is 0 Å². The van der Waals surface area contributed by atoms with Gasteiger partial charge in [-0.05, 0) is 12.8 Å². The van der Waals surface area contributed by atoms with Gasteiger partial charge in [-0.3, -0.25) is 9.59 Å². The summed E-state index contributed by atoms with van der Waals surface area (Å²) in [5, 5.41) is 2.79. The molecule has 120 valence electrons. The smallest absolute Gasteiger partial charge is 0.233 e. The van der Waals surface area contributed by atoms with Crippen LogP contribution in [-0.4, -0.2) is 54.6 Å². The summed E-state index contributed by atoms with van der Waals surface area (Å²) < 4.78 is 5.20. The van der Waals surface area contributed by atoms with Gasteiger partial charge < -0.3 is 20.7 Å². The van der Waals surface area contributed by atoms with Crippen LogP contribution in [0.25, 0.3) is 0 Å². The van der Waals surface area contributed by atoms with E-state index in [2.05, 4.69) is 5.32 Å². The van der Waals surface area contributed by atoms with Crippen molar-refractivity contribution in [1.29, 1.82) is 0 Å². The maximum absolute atomic E-state index is 12.3. The molecule has 1 aliphatic heterocycles. The zero-order valence-electron chi connectivity index (χ0n) is 12.8. The van der Waals surface area contributed by atoms with Crippen molar-refractivity contribution in [3.05, 3.63) is 0 Å². The molecule has 1 saturated heterocycles. The number of morpholine rings is 1. The molecule has 1 fully saturated rings. The summed E-state index contributed by atoms with van der Waals surface area (Å²) in [5.41, 5.74) is 4.92. The van der Waals surface area contributed by atoms with E-state index in [4.69, 9.17) is 22.7 Å². The number of nitrogens with two attached hydrogens (primary N) is 1. The van der Waals surface area contributed by atoms with Crippen molar-refractivity contribution >= 4 is 29.0 Å². The van der Waals surface area contributed by atoms with Crippen molar-refractivity contribution in [2.75, 3.05) is 32.8 Å². The van der Waals surface area contributed by atoms with Crippen LogP contribution in [0, 0.1) is 5.41 Å². The second kappa shape index (κ2) is 8.29. The Labute approximate surface area is 131 Å². The average molecular weight is 315 g/mol. The monoisotopic (exact) mass is 315 g/mol. The van der Waals surface area contributed by atoms with E-state index in [0.717, 1.165) is 0 Å². The Kier molecular flexibility index (Phi) is 7.04. The van der Waals surface area contributed by atoms with E-state index in [-0.39, 0.29) is 23.2 Å². The minimum absolute atomic E-state index is 0.0347. The molecule has 7 heteroatoms. The molecule has 21 heavy (non-hydrogen) atoms.